The number of aliphatic hydroxyl groups is 1. The van der Waals surface area contributed by atoms with Gasteiger partial charge in [-0.2, -0.15) is 0 Å². The van der Waals surface area contributed by atoms with E-state index >= 15 is 0 Å². The lowest BCUT2D eigenvalue weighted by Crippen LogP contribution is -1.99. The van der Waals surface area contributed by atoms with Crippen molar-refractivity contribution < 1.29 is 9.50 Å². The predicted octanol–water partition coefficient (Wildman–Crippen LogP) is 2.50. The first-order valence-electron chi connectivity index (χ1n) is 3.97. The molecule has 0 spiro atoms. The van der Waals surface area contributed by atoms with Gasteiger partial charge in [-0.15, -0.1) is 0 Å². The van der Waals surface area contributed by atoms with E-state index in [0.29, 0.717) is 16.7 Å². The predicted molar refractivity (Wildman–Crippen MR) is 46.5 cm³/mol. The van der Waals surface area contributed by atoms with Gasteiger partial charge in [-0.05, 0) is 37.5 Å². The van der Waals surface area contributed by atoms with Crippen LogP contribution in [0, 0.1) is 19.7 Å². The normalized spacial score (nSPS) is 13.1. The van der Waals surface area contributed by atoms with Crippen LogP contribution in [0.1, 0.15) is 29.7 Å². The summed E-state index contributed by atoms with van der Waals surface area (Å²) in [5.74, 6) is -0.214. The Kier molecular flexibility index (Phi) is 2.48. The summed E-state index contributed by atoms with van der Waals surface area (Å²) < 4.78 is 13.2. The van der Waals surface area contributed by atoms with Crippen LogP contribution in [0.4, 0.5) is 4.39 Å². The molecule has 1 rings (SSSR count). The van der Waals surface area contributed by atoms with E-state index in [9.17, 15) is 9.50 Å². The zero-order chi connectivity index (χ0) is 9.30. The van der Waals surface area contributed by atoms with Crippen molar-refractivity contribution in [3.05, 3.63) is 34.6 Å². The largest absolute Gasteiger partial charge is 0.389 e. The van der Waals surface area contributed by atoms with E-state index in [0.717, 1.165) is 0 Å². The summed E-state index contributed by atoms with van der Waals surface area (Å²) in [7, 11) is 0. The molecule has 0 aromatic heterocycles. The molecule has 0 saturated heterocycles. The molecule has 1 aromatic carbocycles. The highest BCUT2D eigenvalue weighted by molar-refractivity contribution is 5.33. The van der Waals surface area contributed by atoms with Crippen LogP contribution in [0.3, 0.4) is 0 Å². The van der Waals surface area contributed by atoms with Crippen LogP contribution in [0.2, 0.25) is 0 Å². The van der Waals surface area contributed by atoms with Crippen LogP contribution in [0.5, 0.6) is 0 Å². The van der Waals surface area contributed by atoms with Crippen molar-refractivity contribution in [2.75, 3.05) is 0 Å². The Balaban J connectivity index is 3.27. The average molecular weight is 168 g/mol. The number of halogens is 1. The number of hydrogen-bond donors (Lipinski definition) is 1. The summed E-state index contributed by atoms with van der Waals surface area (Å²) in [6.07, 6.45) is -0.597. The minimum absolute atomic E-state index is 0.214. The third-order valence-electron chi connectivity index (χ3n) is 2.07. The van der Waals surface area contributed by atoms with Crippen molar-refractivity contribution in [3.63, 3.8) is 0 Å². The highest BCUT2D eigenvalue weighted by Gasteiger charge is 2.09. The maximum atomic E-state index is 13.2. The first-order chi connectivity index (χ1) is 5.54. The van der Waals surface area contributed by atoms with Gasteiger partial charge < -0.3 is 5.11 Å². The second-order valence-electron chi connectivity index (χ2n) is 3.09. The molecule has 0 bridgehead atoms. The van der Waals surface area contributed by atoms with Gasteiger partial charge in [0.25, 0.3) is 0 Å². The zero-order valence-corrected chi connectivity index (χ0v) is 7.56. The Morgan fingerprint density at radius 3 is 2.42 bits per heavy atom. The summed E-state index contributed by atoms with van der Waals surface area (Å²) in [5.41, 5.74) is 1.83. The molecule has 0 aliphatic heterocycles. The summed E-state index contributed by atoms with van der Waals surface area (Å²) in [5, 5.41) is 9.25. The van der Waals surface area contributed by atoms with Crippen LogP contribution >= 0.6 is 0 Å². The molecule has 0 aliphatic rings. The quantitative estimate of drug-likeness (QED) is 0.683. The molecule has 1 aromatic rings. The Hall–Kier alpha value is -0.890. The average Bonchev–Trinajstić information content (AvgIpc) is 2.00. The standard InChI is InChI=1S/C10H13FO/c1-6-4-5-9(8(3)12)7(2)10(6)11/h4-5,8,12H,1-3H3. The number of benzene rings is 1. The maximum absolute atomic E-state index is 13.2. The summed E-state index contributed by atoms with van der Waals surface area (Å²) in [6, 6.07) is 3.45. The fourth-order valence-corrected chi connectivity index (χ4v) is 1.29. The van der Waals surface area contributed by atoms with Gasteiger partial charge in [-0.1, -0.05) is 12.1 Å². The molecular weight excluding hydrogens is 155 g/mol. The second-order valence-corrected chi connectivity index (χ2v) is 3.09. The van der Waals surface area contributed by atoms with Crippen LogP contribution < -0.4 is 0 Å². The zero-order valence-electron chi connectivity index (χ0n) is 7.56. The van der Waals surface area contributed by atoms with E-state index in [4.69, 9.17) is 0 Å². The van der Waals surface area contributed by atoms with Gasteiger partial charge in [0.1, 0.15) is 5.82 Å². The third-order valence-corrected chi connectivity index (χ3v) is 2.07. The van der Waals surface area contributed by atoms with Crippen LogP contribution in [-0.2, 0) is 0 Å². The Morgan fingerprint density at radius 1 is 1.33 bits per heavy atom. The van der Waals surface area contributed by atoms with E-state index in [1.165, 1.54) is 0 Å². The Labute approximate surface area is 71.9 Å². The lowest BCUT2D eigenvalue weighted by Gasteiger charge is -2.10. The molecule has 0 saturated carbocycles. The van der Waals surface area contributed by atoms with Gasteiger partial charge in [0, 0.05) is 0 Å². The van der Waals surface area contributed by atoms with Crippen molar-refractivity contribution in [2.24, 2.45) is 0 Å². The topological polar surface area (TPSA) is 20.2 Å². The minimum Gasteiger partial charge on any atom is -0.389 e. The molecule has 1 unspecified atom stereocenters. The van der Waals surface area contributed by atoms with Crippen LogP contribution in [-0.4, -0.2) is 5.11 Å². The van der Waals surface area contributed by atoms with E-state index in [1.807, 2.05) is 0 Å². The van der Waals surface area contributed by atoms with Gasteiger partial charge in [0.15, 0.2) is 0 Å². The maximum Gasteiger partial charge on any atom is 0.129 e. The molecule has 0 radical (unpaired) electrons. The molecule has 0 amide bonds. The van der Waals surface area contributed by atoms with Gasteiger partial charge in [-0.25, -0.2) is 4.39 Å². The third kappa shape index (κ3) is 1.48. The monoisotopic (exact) mass is 168 g/mol. The first kappa shape index (κ1) is 9.20. The minimum atomic E-state index is -0.597. The Morgan fingerprint density at radius 2 is 1.92 bits per heavy atom. The molecule has 1 atom stereocenters. The highest BCUT2D eigenvalue weighted by atomic mass is 19.1. The number of aliphatic hydroxyl groups excluding tert-OH is 1. The van der Waals surface area contributed by atoms with Crippen LogP contribution in [0.15, 0.2) is 12.1 Å². The highest BCUT2D eigenvalue weighted by Crippen LogP contribution is 2.21. The fourth-order valence-electron chi connectivity index (χ4n) is 1.29. The SMILES string of the molecule is Cc1ccc(C(C)O)c(C)c1F. The molecule has 0 heterocycles. The molecule has 0 fully saturated rings. The van der Waals surface area contributed by atoms with Crippen molar-refractivity contribution in [2.45, 2.75) is 26.9 Å². The number of hydrogen-bond acceptors (Lipinski definition) is 1. The van der Waals surface area contributed by atoms with E-state index in [2.05, 4.69) is 0 Å². The van der Waals surface area contributed by atoms with Gasteiger partial charge in [0.05, 0.1) is 6.10 Å². The molecular formula is C10H13FO. The smallest absolute Gasteiger partial charge is 0.129 e. The second kappa shape index (κ2) is 3.23. The number of aryl methyl sites for hydroxylation is 1. The van der Waals surface area contributed by atoms with Gasteiger partial charge in [-0.3, -0.25) is 0 Å². The fraction of sp³-hybridized carbons (Fsp3) is 0.400. The lowest BCUT2D eigenvalue weighted by atomic mass is 10.0. The molecule has 12 heavy (non-hydrogen) atoms. The van der Waals surface area contributed by atoms with Crippen molar-refractivity contribution >= 4 is 0 Å². The summed E-state index contributed by atoms with van der Waals surface area (Å²) >= 11 is 0. The molecule has 1 nitrogen and oxygen atoms in total. The summed E-state index contributed by atoms with van der Waals surface area (Å²) in [6.45, 7) is 5.04. The van der Waals surface area contributed by atoms with Crippen LogP contribution in [0.25, 0.3) is 0 Å². The first-order valence-corrected chi connectivity index (χ1v) is 3.97. The van der Waals surface area contributed by atoms with Crippen molar-refractivity contribution in [1.29, 1.82) is 0 Å². The number of rotatable bonds is 1. The molecule has 66 valence electrons. The van der Waals surface area contributed by atoms with Crippen molar-refractivity contribution in [1.82, 2.24) is 0 Å². The lowest BCUT2D eigenvalue weighted by molar-refractivity contribution is 0.198. The van der Waals surface area contributed by atoms with Crippen molar-refractivity contribution in [3.8, 4) is 0 Å². The molecule has 1 N–H and O–H groups in total. The van der Waals surface area contributed by atoms with Gasteiger partial charge >= 0.3 is 0 Å². The van der Waals surface area contributed by atoms with E-state index < -0.39 is 6.10 Å². The van der Waals surface area contributed by atoms with E-state index in [-0.39, 0.29) is 5.82 Å². The van der Waals surface area contributed by atoms with E-state index in [1.54, 1.807) is 32.9 Å². The Bertz CT molecular complexity index is 292. The molecule has 0 aliphatic carbocycles. The van der Waals surface area contributed by atoms with Gasteiger partial charge in [0.2, 0.25) is 0 Å². The molecule has 2 heteroatoms. The summed E-state index contributed by atoms with van der Waals surface area (Å²) in [4.78, 5) is 0.